The van der Waals surface area contributed by atoms with E-state index in [1.54, 1.807) is 0 Å². The highest BCUT2D eigenvalue weighted by molar-refractivity contribution is 5.71. The van der Waals surface area contributed by atoms with Crippen LogP contribution in [0.4, 0.5) is 0 Å². The molecule has 6 heteroatoms. The normalized spacial score (nSPS) is 13.0. The Kier molecular flexibility index (Phi) is 61.4. The first kappa shape index (κ1) is 73.5. The Balaban J connectivity index is 4.34. The molecule has 78 heavy (non-hydrogen) atoms. The van der Waals surface area contributed by atoms with E-state index in [0.717, 1.165) is 128 Å². The third-order valence-electron chi connectivity index (χ3n) is 13.4. The van der Waals surface area contributed by atoms with Crippen molar-refractivity contribution in [1.82, 2.24) is 0 Å². The summed E-state index contributed by atoms with van der Waals surface area (Å²) in [5.74, 6) is -0.930. The predicted molar refractivity (Wildman–Crippen MR) is 339 cm³/mol. The van der Waals surface area contributed by atoms with Crippen molar-refractivity contribution in [2.24, 2.45) is 0 Å². The largest absolute Gasteiger partial charge is 0.462 e. The van der Waals surface area contributed by atoms with Crippen molar-refractivity contribution < 1.29 is 28.6 Å². The molecule has 6 nitrogen and oxygen atoms in total. The van der Waals surface area contributed by atoms with Crippen molar-refractivity contribution in [3.05, 3.63) is 134 Å². The average molecular weight is 1080 g/mol. The van der Waals surface area contributed by atoms with Crippen molar-refractivity contribution >= 4 is 17.9 Å². The summed E-state index contributed by atoms with van der Waals surface area (Å²) in [4.78, 5) is 38.2. The summed E-state index contributed by atoms with van der Waals surface area (Å²) < 4.78 is 16.9. The number of rotatable bonds is 57. The highest BCUT2D eigenvalue weighted by Gasteiger charge is 2.19. The molecule has 442 valence electrons. The lowest BCUT2D eigenvalue weighted by Gasteiger charge is -2.18. The van der Waals surface area contributed by atoms with Crippen LogP contribution in [0.2, 0.25) is 0 Å². The van der Waals surface area contributed by atoms with Gasteiger partial charge in [0.1, 0.15) is 13.2 Å². The number of carbonyl (C=O) groups is 3. The average Bonchev–Trinajstić information content (AvgIpc) is 3.44. The van der Waals surface area contributed by atoms with Crippen molar-refractivity contribution in [3.63, 3.8) is 0 Å². The van der Waals surface area contributed by atoms with Crippen LogP contribution in [0, 0.1) is 0 Å². The minimum absolute atomic E-state index is 0.0915. The SMILES string of the molecule is CC/C=C\C/C=C\C/C=C\C/C=C\C/C=C\C/C=C\C/C=C\C/C=C\C/C=C\CCCCCC(=O)OCC(COC(=O)CCCCCCCCCCCC)OC(=O)CCCCCCCCCCC/C=C\C/C=C\CCCCC. The second-order valence-corrected chi connectivity index (χ2v) is 20.9. The molecule has 1 unspecified atom stereocenters. The maximum Gasteiger partial charge on any atom is 0.306 e. The van der Waals surface area contributed by atoms with Gasteiger partial charge in [-0.15, -0.1) is 0 Å². The Hall–Kier alpha value is -4.45. The molecule has 0 bridgehead atoms. The fourth-order valence-electron chi connectivity index (χ4n) is 8.58. The van der Waals surface area contributed by atoms with Crippen LogP contribution in [0.25, 0.3) is 0 Å². The zero-order valence-corrected chi connectivity index (χ0v) is 50.6. The molecule has 0 saturated heterocycles. The molecule has 0 saturated carbocycles. The highest BCUT2D eigenvalue weighted by Crippen LogP contribution is 2.15. The lowest BCUT2D eigenvalue weighted by atomic mass is 10.1. The second-order valence-electron chi connectivity index (χ2n) is 20.9. The third-order valence-corrected chi connectivity index (χ3v) is 13.4. The number of hydrogen-bond donors (Lipinski definition) is 0. The van der Waals surface area contributed by atoms with E-state index < -0.39 is 6.10 Å². The Morgan fingerprint density at radius 2 is 0.500 bits per heavy atom. The molecule has 0 amide bonds. The van der Waals surface area contributed by atoms with E-state index in [9.17, 15) is 14.4 Å². The number of carbonyl (C=O) groups excluding carboxylic acids is 3. The predicted octanol–water partition coefficient (Wildman–Crippen LogP) is 22.2. The van der Waals surface area contributed by atoms with E-state index in [-0.39, 0.29) is 31.1 Å². The van der Waals surface area contributed by atoms with E-state index in [1.165, 1.54) is 116 Å². The van der Waals surface area contributed by atoms with Crippen LogP contribution in [0.15, 0.2) is 134 Å². The van der Waals surface area contributed by atoms with E-state index in [0.29, 0.717) is 19.3 Å². The van der Waals surface area contributed by atoms with Crippen molar-refractivity contribution in [2.45, 2.75) is 290 Å². The Bertz CT molecular complexity index is 1670. The van der Waals surface area contributed by atoms with Crippen LogP contribution in [-0.2, 0) is 28.6 Å². The maximum absolute atomic E-state index is 12.9. The summed E-state index contributed by atoms with van der Waals surface area (Å²) >= 11 is 0. The van der Waals surface area contributed by atoms with E-state index >= 15 is 0 Å². The second kappa shape index (κ2) is 65.1. The lowest BCUT2D eigenvalue weighted by Crippen LogP contribution is -2.30. The Morgan fingerprint density at radius 1 is 0.269 bits per heavy atom. The molecular formula is C72H118O6. The maximum atomic E-state index is 12.9. The molecule has 0 heterocycles. The summed E-state index contributed by atoms with van der Waals surface area (Å²) in [7, 11) is 0. The fourth-order valence-corrected chi connectivity index (χ4v) is 8.58. The van der Waals surface area contributed by atoms with Gasteiger partial charge in [0.05, 0.1) is 0 Å². The molecule has 0 fully saturated rings. The van der Waals surface area contributed by atoms with Crippen molar-refractivity contribution in [1.29, 1.82) is 0 Å². The van der Waals surface area contributed by atoms with Crippen LogP contribution >= 0.6 is 0 Å². The number of unbranched alkanes of at least 4 members (excludes halogenated alkanes) is 24. The van der Waals surface area contributed by atoms with Gasteiger partial charge < -0.3 is 14.2 Å². The van der Waals surface area contributed by atoms with Crippen LogP contribution in [-0.4, -0.2) is 37.2 Å². The van der Waals surface area contributed by atoms with Crippen LogP contribution in [0.3, 0.4) is 0 Å². The smallest absolute Gasteiger partial charge is 0.306 e. The van der Waals surface area contributed by atoms with E-state index in [2.05, 4.69) is 154 Å². The molecule has 0 aliphatic rings. The molecule has 0 radical (unpaired) electrons. The van der Waals surface area contributed by atoms with Gasteiger partial charge in [0, 0.05) is 19.3 Å². The van der Waals surface area contributed by atoms with Gasteiger partial charge in [0.2, 0.25) is 0 Å². The fraction of sp³-hybridized carbons (Fsp3) is 0.653. The molecule has 1 atom stereocenters. The molecule has 0 spiro atoms. The summed E-state index contributed by atoms with van der Waals surface area (Å²) in [5.41, 5.74) is 0. The van der Waals surface area contributed by atoms with Gasteiger partial charge in [0.25, 0.3) is 0 Å². The quantitative estimate of drug-likeness (QED) is 0.0261. The van der Waals surface area contributed by atoms with Crippen LogP contribution in [0.1, 0.15) is 284 Å². The Labute approximate surface area is 481 Å². The monoisotopic (exact) mass is 1080 g/mol. The van der Waals surface area contributed by atoms with Gasteiger partial charge in [-0.1, -0.05) is 276 Å². The van der Waals surface area contributed by atoms with Gasteiger partial charge >= 0.3 is 17.9 Å². The van der Waals surface area contributed by atoms with E-state index in [1.807, 2.05) is 0 Å². The van der Waals surface area contributed by atoms with Crippen molar-refractivity contribution in [3.8, 4) is 0 Å². The van der Waals surface area contributed by atoms with Gasteiger partial charge in [-0.25, -0.2) is 0 Å². The molecule has 0 N–H and O–H groups in total. The molecule has 0 aromatic heterocycles. The van der Waals surface area contributed by atoms with Crippen LogP contribution in [0.5, 0.6) is 0 Å². The first-order valence-electron chi connectivity index (χ1n) is 32.2. The summed E-state index contributed by atoms with van der Waals surface area (Å²) in [5, 5.41) is 0. The summed E-state index contributed by atoms with van der Waals surface area (Å²) in [6, 6.07) is 0. The zero-order valence-electron chi connectivity index (χ0n) is 50.6. The third kappa shape index (κ3) is 62.4. The molecule has 0 aromatic rings. The first-order valence-corrected chi connectivity index (χ1v) is 32.2. The Morgan fingerprint density at radius 3 is 0.821 bits per heavy atom. The number of ether oxygens (including phenoxy) is 3. The minimum Gasteiger partial charge on any atom is -0.462 e. The van der Waals surface area contributed by atoms with Crippen LogP contribution < -0.4 is 0 Å². The van der Waals surface area contributed by atoms with E-state index in [4.69, 9.17) is 14.2 Å². The first-order chi connectivity index (χ1) is 38.5. The molecule has 0 rings (SSSR count). The number of esters is 3. The number of allylic oxidation sites excluding steroid dienone is 22. The summed E-state index contributed by atoms with van der Waals surface area (Å²) in [6.45, 7) is 6.46. The molecular weight excluding hydrogens is 961 g/mol. The zero-order chi connectivity index (χ0) is 56.4. The van der Waals surface area contributed by atoms with Gasteiger partial charge in [0.15, 0.2) is 6.10 Å². The highest BCUT2D eigenvalue weighted by atomic mass is 16.6. The summed E-state index contributed by atoms with van der Waals surface area (Å²) in [6.07, 6.45) is 91.7. The van der Waals surface area contributed by atoms with Crippen molar-refractivity contribution in [2.75, 3.05) is 13.2 Å². The lowest BCUT2D eigenvalue weighted by molar-refractivity contribution is -0.167. The number of hydrogen-bond acceptors (Lipinski definition) is 6. The van der Waals surface area contributed by atoms with Gasteiger partial charge in [-0.05, 0) is 122 Å². The molecule has 0 aliphatic carbocycles. The minimum atomic E-state index is -0.797. The standard InChI is InChI=1S/C72H118O6/c1-4-7-10-13-16-19-22-24-26-28-30-31-32-33-34-35-36-37-38-39-40-41-43-44-46-48-50-53-56-59-62-65-71(74)77-68-69(67-76-70(73)64-61-58-55-52-21-18-15-12-9-6-3)78-72(75)66-63-60-57-54-51-49-47-45-42-29-27-25-23-20-17-14-11-8-5-2/h7,10,16-17,19-20,24-27,30-31,33-34,36-37,39-40,43-44,48,50,69H,4-6,8-9,11-15,18,21-23,28-29,32,35,38,41-42,45-47,49,51-68H2,1-3H3/b10-7-,19-16-,20-17-,26-24-,27-25-,31-30-,34-33-,37-36-,40-39-,44-43-,50-48-. The molecule has 0 aliphatic heterocycles. The van der Waals surface area contributed by atoms with Gasteiger partial charge in [-0.2, -0.15) is 0 Å². The topological polar surface area (TPSA) is 78.9 Å². The molecule has 0 aromatic carbocycles. The van der Waals surface area contributed by atoms with Gasteiger partial charge in [-0.3, -0.25) is 14.4 Å².